The predicted octanol–water partition coefficient (Wildman–Crippen LogP) is 0.799. The van der Waals surface area contributed by atoms with Crippen molar-refractivity contribution in [1.29, 1.82) is 0 Å². The Labute approximate surface area is 109 Å². The Kier molecular flexibility index (Phi) is 2.63. The van der Waals surface area contributed by atoms with Crippen LogP contribution in [0, 0.1) is 0 Å². The third kappa shape index (κ3) is 2.01. The molecule has 0 bridgehead atoms. The molecule has 1 aromatic carbocycles. The van der Waals surface area contributed by atoms with Gasteiger partial charge in [-0.15, -0.1) is 0 Å². The summed E-state index contributed by atoms with van der Waals surface area (Å²) in [6.07, 6.45) is 3.43. The molecule has 0 aliphatic carbocycles. The first-order chi connectivity index (χ1) is 9.15. The summed E-state index contributed by atoms with van der Waals surface area (Å²) in [6.45, 7) is 0. The van der Waals surface area contributed by atoms with E-state index in [0.29, 0.717) is 0 Å². The second-order valence-electron chi connectivity index (χ2n) is 4.45. The maximum Gasteiger partial charge on any atom is 0.251 e. The minimum atomic E-state index is -0.494. The first-order valence-electron chi connectivity index (χ1n) is 5.93. The molecule has 2 aromatic rings. The van der Waals surface area contributed by atoms with Crippen LogP contribution < -0.4 is 5.32 Å². The number of likely N-dealkylation sites (tertiary alicyclic amines) is 1. The van der Waals surface area contributed by atoms with Gasteiger partial charge in [0.05, 0.1) is 17.5 Å². The number of benzene rings is 1. The number of anilines is 1. The van der Waals surface area contributed by atoms with E-state index < -0.39 is 6.04 Å². The quantitative estimate of drug-likeness (QED) is 0.804. The highest BCUT2D eigenvalue weighted by Crippen LogP contribution is 2.19. The molecule has 1 aliphatic rings. The van der Waals surface area contributed by atoms with Crippen LogP contribution in [0.1, 0.15) is 6.42 Å². The van der Waals surface area contributed by atoms with Crippen molar-refractivity contribution in [3.63, 3.8) is 0 Å². The molecule has 0 saturated carbocycles. The second-order valence-corrected chi connectivity index (χ2v) is 4.45. The van der Waals surface area contributed by atoms with Crippen molar-refractivity contribution >= 4 is 28.5 Å². The van der Waals surface area contributed by atoms with E-state index in [4.69, 9.17) is 0 Å². The van der Waals surface area contributed by atoms with Crippen molar-refractivity contribution in [3.8, 4) is 0 Å². The van der Waals surface area contributed by atoms with E-state index in [9.17, 15) is 9.59 Å². The van der Waals surface area contributed by atoms with E-state index in [1.807, 2.05) is 18.2 Å². The number of carbonyl (C=O) groups excluding carboxylic acids is 2. The maximum absolute atomic E-state index is 11.8. The molecule has 0 radical (unpaired) electrons. The Morgan fingerprint density at radius 1 is 1.21 bits per heavy atom. The first-order valence-corrected chi connectivity index (χ1v) is 5.93. The fourth-order valence-electron chi connectivity index (χ4n) is 2.12. The molecular formula is C13H12N4O2. The number of rotatable bonds is 2. The monoisotopic (exact) mass is 256 g/mol. The average Bonchev–Trinajstić information content (AvgIpc) is 2.66. The summed E-state index contributed by atoms with van der Waals surface area (Å²) in [5.41, 5.74) is 2.30. The topological polar surface area (TPSA) is 75.2 Å². The van der Waals surface area contributed by atoms with E-state index in [2.05, 4.69) is 15.3 Å². The van der Waals surface area contributed by atoms with Gasteiger partial charge < -0.3 is 5.32 Å². The van der Waals surface area contributed by atoms with Gasteiger partial charge in [0.15, 0.2) is 0 Å². The number of aromatic nitrogens is 2. The van der Waals surface area contributed by atoms with Gasteiger partial charge in [-0.2, -0.15) is 0 Å². The summed E-state index contributed by atoms with van der Waals surface area (Å²) >= 11 is 0. The zero-order valence-electron chi connectivity index (χ0n) is 10.3. The van der Waals surface area contributed by atoms with Crippen molar-refractivity contribution in [2.75, 3.05) is 12.4 Å². The number of fused-ring (bicyclic) bond motifs is 1. The lowest BCUT2D eigenvalue weighted by atomic mass is 10.2. The van der Waals surface area contributed by atoms with Crippen LogP contribution in [0.2, 0.25) is 0 Å². The molecule has 1 saturated heterocycles. The van der Waals surface area contributed by atoms with Gasteiger partial charge in [-0.3, -0.25) is 24.5 Å². The average molecular weight is 256 g/mol. The highest BCUT2D eigenvalue weighted by Gasteiger charge is 2.35. The van der Waals surface area contributed by atoms with Crippen molar-refractivity contribution in [2.45, 2.75) is 12.5 Å². The fraction of sp³-hybridized carbons (Fsp3) is 0.231. The van der Waals surface area contributed by atoms with Crippen molar-refractivity contribution < 1.29 is 9.59 Å². The van der Waals surface area contributed by atoms with Crippen LogP contribution >= 0.6 is 0 Å². The summed E-state index contributed by atoms with van der Waals surface area (Å²) < 4.78 is 0. The normalized spacial score (nSPS) is 19.2. The predicted molar refractivity (Wildman–Crippen MR) is 69.3 cm³/mol. The molecule has 1 N–H and O–H groups in total. The molecule has 1 fully saturated rings. The van der Waals surface area contributed by atoms with E-state index in [-0.39, 0.29) is 18.2 Å². The number of hydrogen-bond donors (Lipinski definition) is 1. The van der Waals surface area contributed by atoms with E-state index in [0.717, 1.165) is 21.6 Å². The molecule has 6 heteroatoms. The van der Waals surface area contributed by atoms with Crippen LogP contribution in [0.15, 0.2) is 30.6 Å². The molecule has 96 valence electrons. The van der Waals surface area contributed by atoms with Crippen LogP contribution in [0.4, 0.5) is 5.69 Å². The van der Waals surface area contributed by atoms with Crippen LogP contribution in [0.3, 0.4) is 0 Å². The lowest BCUT2D eigenvalue weighted by molar-refractivity contribution is -0.136. The van der Waals surface area contributed by atoms with Crippen molar-refractivity contribution in [1.82, 2.24) is 14.9 Å². The fourth-order valence-corrected chi connectivity index (χ4v) is 2.12. The van der Waals surface area contributed by atoms with Crippen molar-refractivity contribution in [2.24, 2.45) is 0 Å². The number of carbonyl (C=O) groups is 2. The van der Waals surface area contributed by atoms with Gasteiger partial charge in [0.25, 0.3) is 5.91 Å². The molecule has 2 amide bonds. The Bertz CT molecular complexity index is 670. The molecule has 2 heterocycles. The summed E-state index contributed by atoms with van der Waals surface area (Å²) in [6, 6.07) is 4.98. The highest BCUT2D eigenvalue weighted by atomic mass is 16.2. The van der Waals surface area contributed by atoms with Crippen LogP contribution in [-0.2, 0) is 9.59 Å². The smallest absolute Gasteiger partial charge is 0.251 e. The molecule has 19 heavy (non-hydrogen) atoms. The van der Waals surface area contributed by atoms with Gasteiger partial charge in [0, 0.05) is 25.1 Å². The Balaban J connectivity index is 1.86. The third-order valence-electron chi connectivity index (χ3n) is 3.19. The Morgan fingerprint density at radius 2 is 1.95 bits per heavy atom. The molecular weight excluding hydrogens is 244 g/mol. The molecule has 1 unspecified atom stereocenters. The number of hydrogen-bond acceptors (Lipinski definition) is 5. The van der Waals surface area contributed by atoms with Gasteiger partial charge in [0.2, 0.25) is 5.91 Å². The van der Waals surface area contributed by atoms with Crippen molar-refractivity contribution in [3.05, 3.63) is 30.6 Å². The number of imide groups is 1. The standard InChI is InChI=1S/C13H12N4O2/c1-17-12(18)7-11(13(17)19)16-8-2-3-9-10(6-8)15-5-4-14-9/h2-6,11,16H,7H2,1H3. The lowest BCUT2D eigenvalue weighted by Gasteiger charge is -2.12. The highest BCUT2D eigenvalue weighted by molar-refractivity contribution is 6.06. The second kappa shape index (κ2) is 4.31. The summed E-state index contributed by atoms with van der Waals surface area (Å²) in [5, 5.41) is 3.06. The lowest BCUT2D eigenvalue weighted by Crippen LogP contribution is -2.31. The molecule has 6 nitrogen and oxygen atoms in total. The number of nitrogens with one attached hydrogen (secondary N) is 1. The maximum atomic E-state index is 11.8. The van der Waals surface area contributed by atoms with Gasteiger partial charge in [-0.25, -0.2) is 0 Å². The molecule has 0 spiro atoms. The minimum absolute atomic E-state index is 0.164. The van der Waals surface area contributed by atoms with Gasteiger partial charge in [-0.1, -0.05) is 0 Å². The Hall–Kier alpha value is -2.50. The van der Waals surface area contributed by atoms with Gasteiger partial charge in [-0.05, 0) is 18.2 Å². The number of nitrogens with zero attached hydrogens (tertiary/aromatic N) is 3. The summed E-state index contributed by atoms with van der Waals surface area (Å²) in [4.78, 5) is 32.8. The Morgan fingerprint density at radius 3 is 2.63 bits per heavy atom. The molecule has 3 rings (SSSR count). The summed E-state index contributed by atoms with van der Waals surface area (Å²) in [5.74, 6) is -0.368. The first kappa shape index (κ1) is 11.6. The number of likely N-dealkylation sites (N-methyl/N-ethyl adjacent to an activating group) is 1. The van der Waals surface area contributed by atoms with Gasteiger partial charge in [0.1, 0.15) is 6.04 Å². The SMILES string of the molecule is CN1C(=O)CC(Nc2ccc3nccnc3c2)C1=O. The zero-order chi connectivity index (χ0) is 13.4. The van der Waals surface area contributed by atoms with Crippen LogP contribution in [-0.4, -0.2) is 39.8 Å². The van der Waals surface area contributed by atoms with Gasteiger partial charge >= 0.3 is 0 Å². The largest absolute Gasteiger partial charge is 0.373 e. The molecule has 1 aliphatic heterocycles. The minimum Gasteiger partial charge on any atom is -0.373 e. The van der Waals surface area contributed by atoms with E-state index in [1.165, 1.54) is 7.05 Å². The van der Waals surface area contributed by atoms with E-state index in [1.54, 1.807) is 12.4 Å². The third-order valence-corrected chi connectivity index (χ3v) is 3.19. The summed E-state index contributed by atoms with van der Waals surface area (Å²) in [7, 11) is 1.50. The van der Waals surface area contributed by atoms with Crippen LogP contribution in [0.25, 0.3) is 11.0 Å². The van der Waals surface area contributed by atoms with E-state index >= 15 is 0 Å². The van der Waals surface area contributed by atoms with Crippen LogP contribution in [0.5, 0.6) is 0 Å². The zero-order valence-corrected chi connectivity index (χ0v) is 10.3. The molecule has 1 atom stereocenters. The number of amides is 2. The molecule has 1 aromatic heterocycles.